The van der Waals surface area contributed by atoms with Crippen molar-refractivity contribution in [3.8, 4) is 5.75 Å². The molecule has 0 aliphatic heterocycles. The van der Waals surface area contributed by atoms with Crippen molar-refractivity contribution in [2.45, 2.75) is 45.1 Å². The highest BCUT2D eigenvalue weighted by molar-refractivity contribution is 7.99. The molecule has 172 valence electrons. The normalized spacial score (nSPS) is 11.6. The van der Waals surface area contributed by atoms with Gasteiger partial charge in [-0.15, -0.1) is 16.8 Å². The number of hydrogen-bond acceptors (Lipinski definition) is 6. The van der Waals surface area contributed by atoms with Crippen LogP contribution in [0.15, 0.2) is 66.3 Å². The van der Waals surface area contributed by atoms with Gasteiger partial charge >= 0.3 is 0 Å². The first-order chi connectivity index (χ1) is 15.9. The number of aryl methyl sites for hydroxylation is 1. The highest BCUT2D eigenvalue weighted by Crippen LogP contribution is 2.21. The van der Waals surface area contributed by atoms with Crippen LogP contribution in [-0.2, 0) is 17.9 Å². The van der Waals surface area contributed by atoms with Crippen LogP contribution in [0, 0.1) is 6.92 Å². The lowest BCUT2D eigenvalue weighted by molar-refractivity contribution is -0.119. The van der Waals surface area contributed by atoms with Crippen molar-refractivity contribution in [1.82, 2.24) is 20.1 Å². The molecule has 0 aliphatic carbocycles. The summed E-state index contributed by atoms with van der Waals surface area (Å²) in [6, 6.07) is 15.0. The van der Waals surface area contributed by atoms with Crippen molar-refractivity contribution < 1.29 is 14.3 Å². The number of Topliss-reactive ketones (excluding diaryl/α,β-unsaturated/α-hetero) is 1. The van der Waals surface area contributed by atoms with Gasteiger partial charge in [-0.2, -0.15) is 0 Å². The van der Waals surface area contributed by atoms with E-state index in [0.29, 0.717) is 23.1 Å². The van der Waals surface area contributed by atoms with Gasteiger partial charge in [-0.1, -0.05) is 54.2 Å². The number of aromatic nitrogens is 3. The predicted molar refractivity (Wildman–Crippen MR) is 129 cm³/mol. The zero-order valence-electron chi connectivity index (χ0n) is 19.1. The fraction of sp³-hybridized carbons (Fsp3) is 0.280. The third-order valence-electron chi connectivity index (χ3n) is 4.95. The molecule has 1 unspecified atom stereocenters. The number of benzene rings is 2. The molecule has 1 amide bonds. The summed E-state index contributed by atoms with van der Waals surface area (Å²) in [5.74, 6) is 1.57. The van der Waals surface area contributed by atoms with E-state index in [0.717, 1.165) is 16.9 Å². The van der Waals surface area contributed by atoms with Crippen molar-refractivity contribution in [1.29, 1.82) is 0 Å². The van der Waals surface area contributed by atoms with E-state index in [9.17, 15) is 9.59 Å². The largest absolute Gasteiger partial charge is 0.486 e. The number of rotatable bonds is 11. The van der Waals surface area contributed by atoms with Crippen LogP contribution in [0.25, 0.3) is 0 Å². The number of thioether (sulfide) groups is 1. The van der Waals surface area contributed by atoms with Gasteiger partial charge in [-0.05, 0) is 37.1 Å². The second kappa shape index (κ2) is 11.5. The molecule has 1 heterocycles. The molecule has 3 rings (SSSR count). The average Bonchev–Trinajstić information content (AvgIpc) is 3.17. The summed E-state index contributed by atoms with van der Waals surface area (Å²) in [7, 11) is 0. The molecule has 0 spiro atoms. The molecule has 2 aromatic carbocycles. The number of nitrogens with one attached hydrogen (secondary N) is 1. The summed E-state index contributed by atoms with van der Waals surface area (Å²) in [4.78, 5) is 23.9. The molecular weight excluding hydrogens is 436 g/mol. The Bertz CT molecular complexity index is 1120. The maximum atomic E-state index is 12.7. The summed E-state index contributed by atoms with van der Waals surface area (Å²) in [6.45, 7) is 10.00. The lowest BCUT2D eigenvalue weighted by atomic mass is 10.0. The first kappa shape index (κ1) is 24.3. The number of carbonyl (C=O) groups excluding carboxylic acids is 2. The highest BCUT2D eigenvalue weighted by atomic mass is 32.2. The van der Waals surface area contributed by atoms with Gasteiger partial charge in [-0.25, -0.2) is 0 Å². The van der Waals surface area contributed by atoms with Crippen molar-refractivity contribution in [3.63, 3.8) is 0 Å². The van der Waals surface area contributed by atoms with Gasteiger partial charge in [0.15, 0.2) is 16.8 Å². The number of carbonyl (C=O) groups is 2. The van der Waals surface area contributed by atoms with E-state index in [4.69, 9.17) is 4.74 Å². The topological polar surface area (TPSA) is 86.1 Å². The Morgan fingerprint density at radius 3 is 2.64 bits per heavy atom. The highest BCUT2D eigenvalue weighted by Gasteiger charge is 2.15. The molecule has 8 heteroatoms. The number of nitrogens with zero attached hydrogens (tertiary/aromatic N) is 3. The number of hydrogen-bond donors (Lipinski definition) is 1. The van der Waals surface area contributed by atoms with E-state index in [-0.39, 0.29) is 30.1 Å². The number of ether oxygens (including phenoxy) is 1. The number of allylic oxidation sites excluding steroid dienone is 1. The fourth-order valence-corrected chi connectivity index (χ4v) is 4.12. The van der Waals surface area contributed by atoms with Crippen LogP contribution in [0.5, 0.6) is 5.75 Å². The van der Waals surface area contributed by atoms with Crippen LogP contribution in [0.4, 0.5) is 0 Å². The maximum absolute atomic E-state index is 12.7. The summed E-state index contributed by atoms with van der Waals surface area (Å²) in [6.07, 6.45) is 1.76. The lowest BCUT2D eigenvalue weighted by Crippen LogP contribution is -2.23. The molecule has 1 aromatic heterocycles. The monoisotopic (exact) mass is 464 g/mol. The molecule has 33 heavy (non-hydrogen) atoms. The van der Waals surface area contributed by atoms with E-state index in [1.165, 1.54) is 18.7 Å². The Kier molecular flexibility index (Phi) is 8.43. The molecule has 0 aliphatic rings. The summed E-state index contributed by atoms with van der Waals surface area (Å²) in [5.41, 5.74) is 2.67. The zero-order chi connectivity index (χ0) is 23.8. The van der Waals surface area contributed by atoms with E-state index >= 15 is 0 Å². The Hall–Kier alpha value is -3.39. The first-order valence-electron chi connectivity index (χ1n) is 10.6. The molecule has 0 fully saturated rings. The third-order valence-corrected chi connectivity index (χ3v) is 5.91. The Balaban J connectivity index is 1.62. The summed E-state index contributed by atoms with van der Waals surface area (Å²) in [5, 5.41) is 12.0. The van der Waals surface area contributed by atoms with E-state index in [1.807, 2.05) is 54.8 Å². The van der Waals surface area contributed by atoms with Crippen molar-refractivity contribution >= 4 is 23.5 Å². The predicted octanol–water partition coefficient (Wildman–Crippen LogP) is 4.52. The Morgan fingerprint density at radius 1 is 1.21 bits per heavy atom. The number of amides is 1. The molecule has 7 nitrogen and oxygen atoms in total. The minimum Gasteiger partial charge on any atom is -0.486 e. The zero-order valence-corrected chi connectivity index (χ0v) is 19.9. The van der Waals surface area contributed by atoms with Crippen LogP contribution >= 0.6 is 11.8 Å². The van der Waals surface area contributed by atoms with Crippen LogP contribution < -0.4 is 10.1 Å². The second-order valence-electron chi connectivity index (χ2n) is 7.66. The molecule has 0 radical (unpaired) electrons. The summed E-state index contributed by atoms with van der Waals surface area (Å²) >= 11 is 1.33. The molecule has 0 saturated carbocycles. The lowest BCUT2D eigenvalue weighted by Gasteiger charge is -2.13. The third kappa shape index (κ3) is 6.79. The number of ketones is 1. The van der Waals surface area contributed by atoms with Gasteiger partial charge in [-0.3, -0.25) is 14.2 Å². The maximum Gasteiger partial charge on any atom is 0.217 e. The standard InChI is InChI=1S/C25H28N4O3S/c1-5-13-29-24(15-32-22-8-6-7-17(2)14-22)27-28-25(29)33-16-23(31)21-11-9-20(10-12-21)18(3)26-19(4)30/h5-12,14,18H,1,13,15-16H2,2-4H3,(H,26,30). The quantitative estimate of drug-likeness (QED) is 0.255. The molecule has 3 aromatic rings. The van der Waals surface area contributed by atoms with Gasteiger partial charge in [0.05, 0.1) is 11.8 Å². The van der Waals surface area contributed by atoms with Gasteiger partial charge < -0.3 is 10.1 Å². The second-order valence-corrected chi connectivity index (χ2v) is 8.60. The molecule has 1 atom stereocenters. The SMILES string of the molecule is C=CCn1c(COc2cccc(C)c2)nnc1SCC(=O)c1ccc(C(C)NC(C)=O)cc1. The minimum absolute atomic E-state index is 0.00977. The van der Waals surface area contributed by atoms with Crippen molar-refractivity contribution in [2.24, 2.45) is 0 Å². The smallest absolute Gasteiger partial charge is 0.217 e. The fourth-order valence-electron chi connectivity index (χ4n) is 3.26. The Morgan fingerprint density at radius 2 is 1.97 bits per heavy atom. The van der Waals surface area contributed by atoms with Gasteiger partial charge in [0.25, 0.3) is 0 Å². The Labute approximate surface area is 198 Å². The van der Waals surface area contributed by atoms with E-state index in [2.05, 4.69) is 22.1 Å². The van der Waals surface area contributed by atoms with Crippen LogP contribution in [0.3, 0.4) is 0 Å². The van der Waals surface area contributed by atoms with Crippen LogP contribution in [0.2, 0.25) is 0 Å². The van der Waals surface area contributed by atoms with Crippen molar-refractivity contribution in [2.75, 3.05) is 5.75 Å². The van der Waals surface area contributed by atoms with E-state index < -0.39 is 0 Å². The molecule has 1 N–H and O–H groups in total. The van der Waals surface area contributed by atoms with Gasteiger partial charge in [0, 0.05) is 19.0 Å². The van der Waals surface area contributed by atoms with Crippen LogP contribution in [-0.4, -0.2) is 32.2 Å². The van der Waals surface area contributed by atoms with Crippen molar-refractivity contribution in [3.05, 3.63) is 83.7 Å². The van der Waals surface area contributed by atoms with Crippen LogP contribution in [0.1, 0.15) is 47.2 Å². The molecular formula is C25H28N4O3S. The average molecular weight is 465 g/mol. The van der Waals surface area contributed by atoms with Gasteiger partial charge in [0.2, 0.25) is 5.91 Å². The minimum atomic E-state index is -0.112. The molecule has 0 saturated heterocycles. The van der Waals surface area contributed by atoms with Gasteiger partial charge in [0.1, 0.15) is 12.4 Å². The molecule has 0 bridgehead atoms. The first-order valence-corrected chi connectivity index (χ1v) is 11.6. The van der Waals surface area contributed by atoms with E-state index in [1.54, 1.807) is 18.2 Å². The summed E-state index contributed by atoms with van der Waals surface area (Å²) < 4.78 is 7.76.